The lowest BCUT2D eigenvalue weighted by atomic mass is 10.0. The molecule has 1 aromatic carbocycles. The first-order chi connectivity index (χ1) is 9.90. The van der Waals surface area contributed by atoms with E-state index in [1.807, 2.05) is 0 Å². The van der Waals surface area contributed by atoms with Gasteiger partial charge in [0.15, 0.2) is 0 Å². The molecule has 0 bridgehead atoms. The maximum atomic E-state index is 11.4. The number of carbonyl (C=O) groups excluding carboxylic acids is 1. The third-order valence-corrected chi connectivity index (χ3v) is 3.44. The second-order valence-electron chi connectivity index (χ2n) is 5.72. The Labute approximate surface area is 123 Å². The molecule has 1 heterocycles. The number of fused-ring (bicyclic) bond motifs is 1. The molecule has 21 heavy (non-hydrogen) atoms. The molecular weight excluding hydrogens is 272 g/mol. The molecule has 7 nitrogen and oxygen atoms in total. The largest absolute Gasteiger partial charge is 0.375 e. The number of hydrogen-bond acceptors (Lipinski definition) is 5. The Morgan fingerprint density at radius 2 is 2.19 bits per heavy atom. The quantitative estimate of drug-likeness (QED) is 0.547. The summed E-state index contributed by atoms with van der Waals surface area (Å²) in [5.74, 6) is 0.285. The van der Waals surface area contributed by atoms with Gasteiger partial charge in [-0.15, -0.1) is 0 Å². The van der Waals surface area contributed by atoms with E-state index in [0.717, 1.165) is 6.42 Å². The molecule has 0 spiro atoms. The van der Waals surface area contributed by atoms with Crippen molar-refractivity contribution in [3.63, 3.8) is 0 Å². The first kappa shape index (κ1) is 15.2. The lowest BCUT2D eigenvalue weighted by molar-refractivity contribution is -0.384. The summed E-state index contributed by atoms with van der Waals surface area (Å²) in [5, 5.41) is 17.1. The second kappa shape index (κ2) is 6.09. The number of carbonyl (C=O) groups is 1. The fourth-order valence-electron chi connectivity index (χ4n) is 2.53. The molecule has 7 heteroatoms. The zero-order chi connectivity index (χ0) is 15.6. The Morgan fingerprint density at radius 1 is 1.48 bits per heavy atom. The van der Waals surface area contributed by atoms with Gasteiger partial charge in [0, 0.05) is 24.3 Å². The van der Waals surface area contributed by atoms with Gasteiger partial charge in [-0.25, -0.2) is 0 Å². The van der Waals surface area contributed by atoms with Gasteiger partial charge in [0.25, 0.3) is 5.69 Å². The van der Waals surface area contributed by atoms with E-state index < -0.39 is 4.92 Å². The van der Waals surface area contributed by atoms with Crippen molar-refractivity contribution in [3.8, 4) is 0 Å². The number of nitrogens with zero attached hydrogens (tertiary/aromatic N) is 1. The van der Waals surface area contributed by atoms with Crippen molar-refractivity contribution in [3.05, 3.63) is 27.8 Å². The van der Waals surface area contributed by atoms with Crippen LogP contribution in [0.1, 0.15) is 25.8 Å². The SMILES string of the molecule is CC(C)CC(CN)Nc1cc2c(cc1[N+](=O)[O-])CC(=O)N2. The van der Waals surface area contributed by atoms with Gasteiger partial charge in [-0.2, -0.15) is 0 Å². The van der Waals surface area contributed by atoms with E-state index in [9.17, 15) is 14.9 Å². The summed E-state index contributed by atoms with van der Waals surface area (Å²) in [4.78, 5) is 22.2. The van der Waals surface area contributed by atoms with E-state index in [0.29, 0.717) is 29.4 Å². The number of hydrogen-bond donors (Lipinski definition) is 3. The Balaban J connectivity index is 2.31. The highest BCUT2D eigenvalue weighted by Crippen LogP contribution is 2.35. The normalized spacial score (nSPS) is 14.8. The summed E-state index contributed by atoms with van der Waals surface area (Å²) in [6, 6.07) is 3.04. The van der Waals surface area contributed by atoms with Crippen LogP contribution < -0.4 is 16.4 Å². The molecular formula is C14H20N4O3. The van der Waals surface area contributed by atoms with Crippen LogP contribution in [0.25, 0.3) is 0 Å². The van der Waals surface area contributed by atoms with Crippen molar-refractivity contribution in [1.82, 2.24) is 0 Å². The van der Waals surface area contributed by atoms with Crippen LogP contribution in [-0.2, 0) is 11.2 Å². The summed E-state index contributed by atoms with van der Waals surface area (Å²) < 4.78 is 0. The molecule has 0 fully saturated rings. The minimum atomic E-state index is -0.436. The Kier molecular flexibility index (Phi) is 4.42. The number of nitrogens with two attached hydrogens (primary N) is 1. The van der Waals surface area contributed by atoms with Gasteiger partial charge in [0.1, 0.15) is 5.69 Å². The van der Waals surface area contributed by atoms with Crippen LogP contribution in [0.4, 0.5) is 17.1 Å². The first-order valence-corrected chi connectivity index (χ1v) is 6.98. The fraction of sp³-hybridized carbons (Fsp3) is 0.500. The molecule has 0 saturated carbocycles. The predicted molar refractivity (Wildman–Crippen MR) is 81.4 cm³/mol. The molecule has 4 N–H and O–H groups in total. The number of nitro benzene ring substituents is 1. The molecule has 1 unspecified atom stereocenters. The summed E-state index contributed by atoms with van der Waals surface area (Å²) in [6.07, 6.45) is 1.000. The van der Waals surface area contributed by atoms with E-state index in [-0.39, 0.29) is 24.1 Å². The second-order valence-corrected chi connectivity index (χ2v) is 5.72. The van der Waals surface area contributed by atoms with Crippen LogP contribution in [0.5, 0.6) is 0 Å². The number of nitrogens with one attached hydrogen (secondary N) is 2. The van der Waals surface area contributed by atoms with Crippen LogP contribution in [0, 0.1) is 16.0 Å². The van der Waals surface area contributed by atoms with Gasteiger partial charge in [-0.1, -0.05) is 13.8 Å². The van der Waals surface area contributed by atoms with Gasteiger partial charge >= 0.3 is 0 Å². The molecule has 0 aliphatic carbocycles. The van der Waals surface area contributed by atoms with Crippen LogP contribution in [0.3, 0.4) is 0 Å². The monoisotopic (exact) mass is 292 g/mol. The fourth-order valence-corrected chi connectivity index (χ4v) is 2.53. The minimum absolute atomic E-state index is 0.0209. The molecule has 2 rings (SSSR count). The van der Waals surface area contributed by atoms with E-state index in [1.54, 1.807) is 6.07 Å². The molecule has 1 aromatic rings. The smallest absolute Gasteiger partial charge is 0.292 e. The molecule has 1 atom stereocenters. The number of nitro groups is 1. The lowest BCUT2D eigenvalue weighted by Gasteiger charge is -2.20. The molecule has 0 saturated heterocycles. The van der Waals surface area contributed by atoms with Crippen molar-refractivity contribution >= 4 is 23.0 Å². The van der Waals surface area contributed by atoms with Gasteiger partial charge in [-0.05, 0) is 24.0 Å². The zero-order valence-electron chi connectivity index (χ0n) is 12.2. The predicted octanol–water partition coefficient (Wildman–Crippen LogP) is 1.87. The number of benzene rings is 1. The van der Waals surface area contributed by atoms with Crippen molar-refractivity contribution in [2.45, 2.75) is 32.7 Å². The highest BCUT2D eigenvalue weighted by Gasteiger charge is 2.25. The standard InChI is InChI=1S/C14H20N4O3/c1-8(2)3-10(7-15)16-12-6-11-9(5-14(19)17-11)4-13(12)18(20)21/h4,6,8,10,16H,3,5,7,15H2,1-2H3,(H,17,19). The number of amides is 1. The first-order valence-electron chi connectivity index (χ1n) is 6.98. The van der Waals surface area contributed by atoms with Crippen molar-refractivity contribution in [2.75, 3.05) is 17.2 Å². The number of anilines is 2. The van der Waals surface area contributed by atoms with Crippen LogP contribution in [0.2, 0.25) is 0 Å². The molecule has 114 valence electrons. The van der Waals surface area contributed by atoms with E-state index in [1.165, 1.54) is 6.07 Å². The number of rotatable bonds is 6. The maximum Gasteiger partial charge on any atom is 0.292 e. The van der Waals surface area contributed by atoms with Crippen LogP contribution in [0.15, 0.2) is 12.1 Å². The Morgan fingerprint density at radius 3 is 2.76 bits per heavy atom. The molecule has 1 aliphatic rings. The van der Waals surface area contributed by atoms with Crippen LogP contribution in [-0.4, -0.2) is 23.4 Å². The third-order valence-electron chi connectivity index (χ3n) is 3.44. The van der Waals surface area contributed by atoms with Crippen molar-refractivity contribution in [2.24, 2.45) is 11.7 Å². The molecule has 0 aromatic heterocycles. The van der Waals surface area contributed by atoms with Crippen molar-refractivity contribution < 1.29 is 9.72 Å². The average molecular weight is 292 g/mol. The Bertz CT molecular complexity index is 572. The third kappa shape index (κ3) is 3.49. The maximum absolute atomic E-state index is 11.4. The summed E-state index contributed by atoms with van der Waals surface area (Å²) >= 11 is 0. The molecule has 1 aliphatic heterocycles. The summed E-state index contributed by atoms with van der Waals surface area (Å²) in [6.45, 7) is 4.53. The zero-order valence-corrected chi connectivity index (χ0v) is 12.2. The highest BCUT2D eigenvalue weighted by atomic mass is 16.6. The Hall–Kier alpha value is -2.15. The van der Waals surface area contributed by atoms with Gasteiger partial charge < -0.3 is 16.4 Å². The van der Waals surface area contributed by atoms with E-state index in [4.69, 9.17) is 5.73 Å². The molecule has 0 radical (unpaired) electrons. The van der Waals surface area contributed by atoms with Crippen molar-refractivity contribution in [1.29, 1.82) is 0 Å². The minimum Gasteiger partial charge on any atom is -0.375 e. The van der Waals surface area contributed by atoms with Gasteiger partial charge in [0.2, 0.25) is 5.91 Å². The van der Waals surface area contributed by atoms with Crippen LogP contribution >= 0.6 is 0 Å². The van der Waals surface area contributed by atoms with E-state index >= 15 is 0 Å². The molecule has 1 amide bonds. The average Bonchev–Trinajstić information content (AvgIpc) is 2.75. The lowest BCUT2D eigenvalue weighted by Crippen LogP contribution is -2.30. The van der Waals surface area contributed by atoms with E-state index in [2.05, 4.69) is 24.5 Å². The summed E-state index contributed by atoms with van der Waals surface area (Å²) in [7, 11) is 0. The summed E-state index contributed by atoms with van der Waals surface area (Å²) in [5.41, 5.74) is 7.40. The van der Waals surface area contributed by atoms with Gasteiger partial charge in [0.05, 0.1) is 11.3 Å². The van der Waals surface area contributed by atoms with Gasteiger partial charge in [-0.3, -0.25) is 14.9 Å². The highest BCUT2D eigenvalue weighted by molar-refractivity contribution is 6.00. The topological polar surface area (TPSA) is 110 Å².